The van der Waals surface area contributed by atoms with Crippen LogP contribution < -0.4 is 0 Å². The lowest BCUT2D eigenvalue weighted by atomic mass is 10.4. The monoisotopic (exact) mass is 341 g/mol. The minimum atomic E-state index is -4.13. The quantitative estimate of drug-likeness (QED) is 0.544. The van der Waals surface area contributed by atoms with Gasteiger partial charge >= 0.3 is 6.18 Å². The first-order valence-corrected chi connectivity index (χ1v) is 7.65. The van der Waals surface area contributed by atoms with Gasteiger partial charge in [-0.2, -0.15) is 13.2 Å². The van der Waals surface area contributed by atoms with E-state index >= 15 is 0 Å². The molecule has 6 heteroatoms. The lowest BCUT2D eigenvalue weighted by molar-refractivity contribution is -0.144. The molecule has 1 aromatic carbocycles. The summed E-state index contributed by atoms with van der Waals surface area (Å²) in [5, 5.41) is 0.555. The number of alkyl halides is 4. The normalized spacial score (nSPS) is 12.1. The Kier molecular flexibility index (Phi) is 7.11. The Morgan fingerprint density at radius 2 is 1.78 bits per heavy atom. The van der Waals surface area contributed by atoms with Gasteiger partial charge in [-0.1, -0.05) is 34.1 Å². The Bertz CT molecular complexity index is 332. The first kappa shape index (κ1) is 15.9. The van der Waals surface area contributed by atoms with Gasteiger partial charge in [0.05, 0.1) is 6.54 Å². The Morgan fingerprint density at radius 1 is 1.11 bits per heavy atom. The van der Waals surface area contributed by atoms with Crippen molar-refractivity contribution in [2.75, 3.05) is 30.7 Å². The fraction of sp³-hybridized carbons (Fsp3) is 0.500. The number of thioether (sulfide) groups is 1. The van der Waals surface area contributed by atoms with E-state index in [1.165, 1.54) is 4.90 Å². The van der Waals surface area contributed by atoms with Gasteiger partial charge in [0.2, 0.25) is 0 Å². The third kappa shape index (κ3) is 7.28. The molecule has 0 saturated carbocycles. The van der Waals surface area contributed by atoms with Crippen molar-refractivity contribution in [2.45, 2.75) is 11.1 Å². The zero-order valence-electron chi connectivity index (χ0n) is 9.79. The third-order valence-corrected chi connectivity index (χ3v) is 3.57. The van der Waals surface area contributed by atoms with E-state index in [4.69, 9.17) is 0 Å². The molecule has 0 heterocycles. The molecule has 0 aliphatic carbocycles. The molecule has 0 unspecified atom stereocenters. The minimum absolute atomic E-state index is 0.412. The van der Waals surface area contributed by atoms with Gasteiger partial charge in [0.15, 0.2) is 0 Å². The van der Waals surface area contributed by atoms with Gasteiger partial charge < -0.3 is 0 Å². The number of nitrogens with zero attached hydrogens (tertiary/aromatic N) is 1. The maximum Gasteiger partial charge on any atom is 0.401 e. The van der Waals surface area contributed by atoms with Gasteiger partial charge in [-0.15, -0.1) is 11.8 Å². The van der Waals surface area contributed by atoms with Crippen LogP contribution in [0.4, 0.5) is 13.2 Å². The molecular formula is C12H15BrF3NS. The number of benzene rings is 1. The van der Waals surface area contributed by atoms with Crippen molar-refractivity contribution in [1.29, 1.82) is 0 Å². The molecular weight excluding hydrogens is 327 g/mol. The standard InChI is InChI=1S/C12H15BrF3NS/c13-6-7-17(10-12(14,15)16)8-9-18-11-4-2-1-3-5-11/h1-5H,6-10H2. The molecule has 0 aromatic heterocycles. The van der Waals surface area contributed by atoms with Crippen LogP contribution in [0.25, 0.3) is 0 Å². The minimum Gasteiger partial charge on any atom is -0.293 e. The Balaban J connectivity index is 2.33. The fourth-order valence-corrected chi connectivity index (χ4v) is 2.89. The van der Waals surface area contributed by atoms with Gasteiger partial charge in [0.1, 0.15) is 0 Å². The largest absolute Gasteiger partial charge is 0.401 e. The zero-order valence-corrected chi connectivity index (χ0v) is 12.2. The van der Waals surface area contributed by atoms with Crippen LogP contribution in [-0.2, 0) is 0 Å². The predicted octanol–water partition coefficient (Wildman–Crippen LogP) is 4.04. The van der Waals surface area contributed by atoms with Crippen LogP contribution in [0.1, 0.15) is 0 Å². The fourth-order valence-electron chi connectivity index (χ4n) is 1.45. The van der Waals surface area contributed by atoms with Crippen LogP contribution in [0.15, 0.2) is 35.2 Å². The first-order chi connectivity index (χ1) is 8.51. The summed E-state index contributed by atoms with van der Waals surface area (Å²) in [4.78, 5) is 2.51. The third-order valence-electron chi connectivity index (χ3n) is 2.22. The van der Waals surface area contributed by atoms with Crippen LogP contribution in [0.2, 0.25) is 0 Å². The molecule has 0 fully saturated rings. The van der Waals surface area contributed by atoms with Gasteiger partial charge in [0.25, 0.3) is 0 Å². The van der Waals surface area contributed by atoms with E-state index in [9.17, 15) is 13.2 Å². The molecule has 1 rings (SSSR count). The highest BCUT2D eigenvalue weighted by atomic mass is 79.9. The molecule has 1 aromatic rings. The topological polar surface area (TPSA) is 3.24 Å². The molecule has 0 amide bonds. The Hall–Kier alpha value is -0.200. The summed E-state index contributed by atoms with van der Waals surface area (Å²) in [6.45, 7) is 0.00742. The van der Waals surface area contributed by atoms with Crippen LogP contribution in [0.3, 0.4) is 0 Å². The number of halogens is 4. The lowest BCUT2D eigenvalue weighted by Gasteiger charge is -2.22. The number of hydrogen-bond donors (Lipinski definition) is 0. The molecule has 0 radical (unpaired) electrons. The SMILES string of the molecule is FC(F)(F)CN(CCBr)CCSc1ccccc1. The molecule has 0 N–H and O–H groups in total. The number of hydrogen-bond acceptors (Lipinski definition) is 2. The molecule has 0 atom stereocenters. The van der Waals surface area contributed by atoms with E-state index in [0.29, 0.717) is 24.2 Å². The Labute approximate surface area is 118 Å². The van der Waals surface area contributed by atoms with Crippen LogP contribution in [0, 0.1) is 0 Å². The van der Waals surface area contributed by atoms with Crippen molar-refractivity contribution in [3.05, 3.63) is 30.3 Å². The zero-order chi connectivity index (χ0) is 13.4. The summed E-state index contributed by atoms with van der Waals surface area (Å²) in [6.07, 6.45) is -4.13. The highest BCUT2D eigenvalue weighted by molar-refractivity contribution is 9.09. The van der Waals surface area contributed by atoms with E-state index in [2.05, 4.69) is 15.9 Å². The molecule has 0 aliphatic rings. The molecule has 0 bridgehead atoms. The van der Waals surface area contributed by atoms with Crippen molar-refractivity contribution < 1.29 is 13.2 Å². The van der Waals surface area contributed by atoms with Gasteiger partial charge in [-0.25, -0.2) is 0 Å². The van der Waals surface area contributed by atoms with Crippen molar-refractivity contribution in [3.8, 4) is 0 Å². The van der Waals surface area contributed by atoms with E-state index in [1.54, 1.807) is 11.8 Å². The second kappa shape index (κ2) is 8.07. The van der Waals surface area contributed by atoms with Crippen molar-refractivity contribution >= 4 is 27.7 Å². The van der Waals surface area contributed by atoms with Gasteiger partial charge in [0, 0.05) is 29.1 Å². The lowest BCUT2D eigenvalue weighted by Crippen LogP contribution is -2.37. The summed E-state index contributed by atoms with van der Waals surface area (Å²) in [7, 11) is 0. The summed E-state index contributed by atoms with van der Waals surface area (Å²) >= 11 is 4.75. The first-order valence-electron chi connectivity index (χ1n) is 5.54. The van der Waals surface area contributed by atoms with Gasteiger partial charge in [-0.3, -0.25) is 4.90 Å². The van der Waals surface area contributed by atoms with Crippen molar-refractivity contribution in [3.63, 3.8) is 0 Å². The van der Waals surface area contributed by atoms with Crippen LogP contribution in [-0.4, -0.2) is 41.8 Å². The maximum atomic E-state index is 12.3. The molecule has 102 valence electrons. The molecule has 1 nitrogen and oxygen atoms in total. The Morgan fingerprint density at radius 3 is 2.33 bits per heavy atom. The summed E-state index contributed by atoms with van der Waals surface area (Å²) in [5.74, 6) is 0.660. The maximum absolute atomic E-state index is 12.3. The van der Waals surface area contributed by atoms with E-state index in [-0.39, 0.29) is 0 Å². The average Bonchev–Trinajstić information content (AvgIpc) is 2.28. The molecule has 0 spiro atoms. The summed E-state index contributed by atoms with van der Waals surface area (Å²) < 4.78 is 36.9. The van der Waals surface area contributed by atoms with E-state index in [1.807, 2.05) is 30.3 Å². The second-order valence-electron chi connectivity index (χ2n) is 3.74. The van der Waals surface area contributed by atoms with Crippen molar-refractivity contribution in [1.82, 2.24) is 4.90 Å². The molecule has 0 aliphatic heterocycles. The van der Waals surface area contributed by atoms with E-state index in [0.717, 1.165) is 4.90 Å². The highest BCUT2D eigenvalue weighted by Gasteiger charge is 2.30. The summed E-state index contributed by atoms with van der Waals surface area (Å²) in [5.41, 5.74) is 0. The highest BCUT2D eigenvalue weighted by Crippen LogP contribution is 2.19. The average molecular weight is 342 g/mol. The number of rotatable bonds is 7. The van der Waals surface area contributed by atoms with E-state index < -0.39 is 12.7 Å². The smallest absolute Gasteiger partial charge is 0.293 e. The van der Waals surface area contributed by atoms with Crippen molar-refractivity contribution in [2.24, 2.45) is 0 Å². The van der Waals surface area contributed by atoms with Gasteiger partial charge in [-0.05, 0) is 12.1 Å². The molecule has 0 saturated heterocycles. The van der Waals surface area contributed by atoms with Crippen LogP contribution >= 0.6 is 27.7 Å². The van der Waals surface area contributed by atoms with Crippen LogP contribution in [0.5, 0.6) is 0 Å². The molecule has 18 heavy (non-hydrogen) atoms. The predicted molar refractivity (Wildman–Crippen MR) is 73.5 cm³/mol. The summed E-state index contributed by atoms with van der Waals surface area (Å²) in [6, 6.07) is 9.69. The second-order valence-corrected chi connectivity index (χ2v) is 5.70.